The molecule has 10 nitrogen and oxygen atoms in total. The molecule has 2 aromatic carbocycles. The summed E-state index contributed by atoms with van der Waals surface area (Å²) in [4.78, 5) is 25.7. The molecule has 13 heteroatoms. The van der Waals surface area contributed by atoms with Gasteiger partial charge in [0.15, 0.2) is 11.5 Å². The Hall–Kier alpha value is -4.39. The van der Waals surface area contributed by atoms with Crippen LogP contribution in [-0.2, 0) is 11.3 Å². The summed E-state index contributed by atoms with van der Waals surface area (Å²) < 4.78 is 52.1. The van der Waals surface area contributed by atoms with Crippen LogP contribution in [0.4, 0.5) is 35.2 Å². The first kappa shape index (κ1) is 26.8. The van der Waals surface area contributed by atoms with Crippen molar-refractivity contribution in [1.29, 1.82) is 0 Å². The molecule has 0 aliphatic carbocycles. The van der Waals surface area contributed by atoms with Gasteiger partial charge >= 0.3 is 12.3 Å². The molecule has 0 spiro atoms. The van der Waals surface area contributed by atoms with Crippen LogP contribution in [0.1, 0.15) is 12.8 Å². The highest BCUT2D eigenvalue weighted by atomic mass is 19.4. The van der Waals surface area contributed by atoms with Crippen molar-refractivity contribution in [3.05, 3.63) is 54.7 Å². The molecule has 2 aromatic heterocycles. The van der Waals surface area contributed by atoms with E-state index in [4.69, 9.17) is 14.5 Å². The Morgan fingerprint density at radius 3 is 2.51 bits per heavy atom. The fraction of sp³-hybridized carbons (Fsp3) is 0.357. The van der Waals surface area contributed by atoms with Gasteiger partial charge in [0.1, 0.15) is 18.1 Å². The number of aromatic nitrogens is 4. The number of hydrogen-bond donors (Lipinski definition) is 1. The Morgan fingerprint density at radius 2 is 1.83 bits per heavy atom. The second kappa shape index (κ2) is 10.5. The second-order valence-corrected chi connectivity index (χ2v) is 10.4. The van der Waals surface area contributed by atoms with E-state index in [1.807, 2.05) is 25.1 Å². The maximum Gasteiger partial charge on any atom is 0.417 e. The summed E-state index contributed by atoms with van der Waals surface area (Å²) in [5.74, 6) is 1.18. The van der Waals surface area contributed by atoms with Crippen LogP contribution >= 0.6 is 0 Å². The van der Waals surface area contributed by atoms with Crippen molar-refractivity contribution in [1.82, 2.24) is 19.7 Å². The number of anilines is 3. The Kier molecular flexibility index (Phi) is 6.89. The van der Waals surface area contributed by atoms with E-state index >= 15 is 0 Å². The Morgan fingerprint density at radius 1 is 1.10 bits per heavy atom. The maximum absolute atomic E-state index is 13.3. The minimum absolute atomic E-state index is 0.0582. The lowest BCUT2D eigenvalue weighted by molar-refractivity contribution is -0.141. The van der Waals surface area contributed by atoms with Crippen molar-refractivity contribution in [2.24, 2.45) is 0 Å². The van der Waals surface area contributed by atoms with Gasteiger partial charge in [-0.2, -0.15) is 18.3 Å². The molecule has 2 aliphatic heterocycles. The molecular formula is C28H28F3N7O3. The van der Waals surface area contributed by atoms with Gasteiger partial charge in [0.05, 0.1) is 23.8 Å². The van der Waals surface area contributed by atoms with E-state index in [0.29, 0.717) is 41.3 Å². The van der Waals surface area contributed by atoms with E-state index in [2.05, 4.69) is 20.3 Å². The predicted molar refractivity (Wildman–Crippen MR) is 147 cm³/mol. The largest absolute Gasteiger partial charge is 0.417 e. The van der Waals surface area contributed by atoms with Crippen molar-refractivity contribution < 1.29 is 27.4 Å². The third-order valence-electron chi connectivity index (χ3n) is 7.08. The van der Waals surface area contributed by atoms with Gasteiger partial charge in [-0.05, 0) is 49.2 Å². The quantitative estimate of drug-likeness (QED) is 0.344. The van der Waals surface area contributed by atoms with Crippen molar-refractivity contribution >= 4 is 34.3 Å². The SMILES string of the molecule is CN(C)c1cccc(OC(=O)Nc2ccc(-c3nc(N4CC5CCC(C4)O5)c4cnn(CC(F)(F)F)c4n3)cc2)c1. The summed E-state index contributed by atoms with van der Waals surface area (Å²) in [7, 11) is 3.78. The number of benzene rings is 2. The fourth-order valence-electron chi connectivity index (χ4n) is 5.16. The van der Waals surface area contributed by atoms with Crippen LogP contribution in [-0.4, -0.2) is 71.4 Å². The lowest BCUT2D eigenvalue weighted by atomic mass is 10.2. The molecule has 214 valence electrons. The van der Waals surface area contributed by atoms with Crippen molar-refractivity contribution in [3.63, 3.8) is 0 Å². The van der Waals surface area contributed by atoms with Gasteiger partial charge in [-0.1, -0.05) is 6.07 Å². The summed E-state index contributed by atoms with van der Waals surface area (Å²) in [6, 6.07) is 13.8. The molecule has 6 rings (SSSR count). The molecule has 2 bridgehead atoms. The molecule has 41 heavy (non-hydrogen) atoms. The lowest BCUT2D eigenvalue weighted by Crippen LogP contribution is -2.43. The number of alkyl halides is 3. The third kappa shape index (κ3) is 5.89. The van der Waals surface area contributed by atoms with Crippen LogP contribution in [0, 0.1) is 0 Å². The summed E-state index contributed by atoms with van der Waals surface area (Å²) in [5, 5.41) is 7.13. The molecule has 2 fully saturated rings. The molecule has 1 amide bonds. The maximum atomic E-state index is 13.3. The molecule has 4 heterocycles. The second-order valence-electron chi connectivity index (χ2n) is 10.4. The lowest BCUT2D eigenvalue weighted by Gasteiger charge is -2.33. The molecule has 2 aliphatic rings. The molecule has 0 saturated carbocycles. The standard InChI is InChI=1S/C28H28F3N7O3/c1-36(2)19-4-3-5-20(12-19)41-27(39)33-18-8-6-17(7-9-18)24-34-25(37-14-21-10-11-22(15-37)40-21)23-13-32-38(26(23)35-24)16-28(29,30)31/h3-9,12-13,21-22H,10-11,14-16H2,1-2H3,(H,33,39). The molecule has 2 saturated heterocycles. The zero-order chi connectivity index (χ0) is 28.7. The van der Waals surface area contributed by atoms with E-state index in [-0.39, 0.29) is 23.7 Å². The fourth-order valence-corrected chi connectivity index (χ4v) is 5.16. The number of rotatable bonds is 6. The van der Waals surface area contributed by atoms with Crippen LogP contribution in [0.3, 0.4) is 0 Å². The highest BCUT2D eigenvalue weighted by Crippen LogP contribution is 2.34. The van der Waals surface area contributed by atoms with Crippen LogP contribution in [0.2, 0.25) is 0 Å². The normalized spacial score (nSPS) is 18.5. The van der Waals surface area contributed by atoms with Gasteiger partial charge < -0.3 is 19.3 Å². The number of morpholine rings is 1. The highest BCUT2D eigenvalue weighted by Gasteiger charge is 2.36. The van der Waals surface area contributed by atoms with Gasteiger partial charge in [0.25, 0.3) is 0 Å². The van der Waals surface area contributed by atoms with Crippen LogP contribution < -0.4 is 19.9 Å². The smallest absolute Gasteiger partial charge is 0.410 e. The van der Waals surface area contributed by atoms with Crippen molar-refractivity contribution in [2.45, 2.75) is 37.8 Å². The van der Waals surface area contributed by atoms with Gasteiger partial charge in [-0.3, -0.25) is 5.32 Å². The number of nitrogens with one attached hydrogen (secondary N) is 1. The zero-order valence-corrected chi connectivity index (χ0v) is 22.4. The van der Waals surface area contributed by atoms with Gasteiger partial charge in [0, 0.05) is 50.2 Å². The number of amides is 1. The summed E-state index contributed by atoms with van der Waals surface area (Å²) in [5.41, 5.74) is 2.03. The number of carbonyl (C=O) groups excluding carboxylic acids is 1. The predicted octanol–water partition coefficient (Wildman–Crippen LogP) is 5.10. The monoisotopic (exact) mass is 567 g/mol. The number of halogens is 3. The first-order valence-electron chi connectivity index (χ1n) is 13.2. The number of carbonyl (C=O) groups is 1. The minimum atomic E-state index is -4.46. The summed E-state index contributed by atoms with van der Waals surface area (Å²) >= 11 is 0. The molecule has 0 radical (unpaired) electrons. The molecule has 2 unspecified atom stereocenters. The number of hydrogen-bond acceptors (Lipinski definition) is 8. The zero-order valence-electron chi connectivity index (χ0n) is 22.4. The summed E-state index contributed by atoms with van der Waals surface area (Å²) in [6.45, 7) is -0.0764. The Bertz CT molecular complexity index is 1560. The highest BCUT2D eigenvalue weighted by molar-refractivity contribution is 5.89. The van der Waals surface area contributed by atoms with Crippen molar-refractivity contribution in [2.75, 3.05) is 42.3 Å². The van der Waals surface area contributed by atoms with Crippen LogP contribution in [0.15, 0.2) is 54.7 Å². The topological polar surface area (TPSA) is 97.6 Å². The van der Waals surface area contributed by atoms with E-state index in [1.54, 1.807) is 42.5 Å². The van der Waals surface area contributed by atoms with Crippen molar-refractivity contribution in [3.8, 4) is 17.1 Å². The van der Waals surface area contributed by atoms with Gasteiger partial charge in [-0.15, -0.1) is 0 Å². The van der Waals surface area contributed by atoms with Crippen LogP contribution in [0.5, 0.6) is 5.75 Å². The Balaban J connectivity index is 1.26. The van der Waals surface area contributed by atoms with Gasteiger partial charge in [-0.25, -0.2) is 19.4 Å². The van der Waals surface area contributed by atoms with Crippen LogP contribution in [0.25, 0.3) is 22.4 Å². The minimum Gasteiger partial charge on any atom is -0.410 e. The number of ether oxygens (including phenoxy) is 2. The third-order valence-corrected chi connectivity index (χ3v) is 7.08. The molecular weight excluding hydrogens is 539 g/mol. The van der Waals surface area contributed by atoms with E-state index in [9.17, 15) is 18.0 Å². The average molecular weight is 568 g/mol. The van der Waals surface area contributed by atoms with E-state index in [1.165, 1.54) is 6.20 Å². The van der Waals surface area contributed by atoms with E-state index < -0.39 is 18.8 Å². The first-order valence-corrected chi connectivity index (χ1v) is 13.2. The van der Waals surface area contributed by atoms with Gasteiger partial charge in [0.2, 0.25) is 0 Å². The first-order chi connectivity index (χ1) is 19.6. The summed E-state index contributed by atoms with van der Waals surface area (Å²) in [6.07, 6.45) is -1.73. The number of fused-ring (bicyclic) bond motifs is 3. The Labute approximate surface area is 233 Å². The molecule has 1 N–H and O–H groups in total. The molecule has 4 aromatic rings. The average Bonchev–Trinajstić information content (AvgIpc) is 3.48. The number of nitrogens with zero attached hydrogens (tertiary/aromatic N) is 6. The molecule has 2 atom stereocenters. The van der Waals surface area contributed by atoms with E-state index in [0.717, 1.165) is 23.2 Å².